The van der Waals surface area contributed by atoms with Crippen LogP contribution in [0.15, 0.2) is 0 Å². The third-order valence-electron chi connectivity index (χ3n) is 1.18. The maximum absolute atomic E-state index is 10.8. The Morgan fingerprint density at radius 1 is 1.29 bits per heavy atom. The van der Waals surface area contributed by atoms with Gasteiger partial charge in [-0.1, -0.05) is 0 Å². The lowest BCUT2D eigenvalue weighted by molar-refractivity contribution is -0.142. The highest BCUT2D eigenvalue weighted by Crippen LogP contribution is 2.13. The van der Waals surface area contributed by atoms with E-state index in [4.69, 9.17) is 10.2 Å². The molecule has 0 spiro atoms. The molecule has 2 N–H and O–H groups in total. The summed E-state index contributed by atoms with van der Waals surface area (Å²) in [7, 11) is 0. The molecule has 6 nitrogen and oxygen atoms in total. The Labute approximate surface area is 84.4 Å². The minimum atomic E-state index is -1.10. The first-order valence-electron chi connectivity index (χ1n) is 3.74. The van der Waals surface area contributed by atoms with Crippen LogP contribution in [0.1, 0.15) is 19.8 Å². The Bertz CT molecular complexity index is 238. The molecule has 0 fully saturated rings. The summed E-state index contributed by atoms with van der Waals surface area (Å²) in [5.74, 6) is -2.93. The van der Waals surface area contributed by atoms with Crippen LogP contribution in [-0.2, 0) is 18.6 Å². The molecule has 0 saturated heterocycles. The molecule has 0 aromatic rings. The van der Waals surface area contributed by atoms with E-state index in [-0.39, 0.29) is 12.8 Å². The van der Waals surface area contributed by atoms with Crippen molar-refractivity contribution >= 4 is 30.0 Å². The molecule has 14 heavy (non-hydrogen) atoms. The quantitative estimate of drug-likeness (QED) is 0.631. The monoisotopic (exact) mass is 222 g/mol. The highest BCUT2D eigenvalue weighted by atomic mass is 32.2. The van der Waals surface area contributed by atoms with Crippen molar-refractivity contribution in [2.45, 2.75) is 25.0 Å². The summed E-state index contributed by atoms with van der Waals surface area (Å²) in [5.41, 5.74) is 0. The first-order chi connectivity index (χ1) is 6.43. The molecule has 0 saturated carbocycles. The molecule has 0 radical (unpaired) electrons. The number of carboxylic acids is 2. The Hall–Kier alpha value is -1.24. The number of carboxylic acid groups (broad SMARTS) is 2. The van der Waals surface area contributed by atoms with Gasteiger partial charge in [-0.25, -0.2) is 0 Å². The molecular weight excluding hydrogens is 212 g/mol. The third-order valence-corrected chi connectivity index (χ3v) is 1.95. The van der Waals surface area contributed by atoms with Gasteiger partial charge in [0.25, 0.3) is 0 Å². The normalized spacial score (nSPS) is 11.8. The van der Waals surface area contributed by atoms with Crippen LogP contribution in [0, 0.1) is 0 Å². The van der Waals surface area contributed by atoms with Gasteiger partial charge in [0.15, 0.2) is 0 Å². The number of hydrogen-bond acceptors (Lipinski definition) is 5. The van der Waals surface area contributed by atoms with Crippen molar-refractivity contribution in [3.63, 3.8) is 0 Å². The molecule has 0 aliphatic rings. The Kier molecular flexibility index (Phi) is 5.70. The zero-order valence-electron chi connectivity index (χ0n) is 7.43. The lowest BCUT2D eigenvalue weighted by atomic mass is 10.3. The van der Waals surface area contributed by atoms with E-state index in [1.165, 1.54) is 6.92 Å². The van der Waals surface area contributed by atoms with Crippen molar-refractivity contribution in [2.75, 3.05) is 0 Å². The second-order valence-corrected chi connectivity index (χ2v) is 3.49. The van der Waals surface area contributed by atoms with Crippen molar-refractivity contribution in [2.24, 2.45) is 0 Å². The van der Waals surface area contributed by atoms with E-state index in [0.29, 0.717) is 12.0 Å². The molecule has 1 atom stereocenters. The van der Waals surface area contributed by atoms with Gasteiger partial charge in [-0.05, 0) is 6.92 Å². The van der Waals surface area contributed by atoms with Crippen LogP contribution in [0.5, 0.6) is 0 Å². The summed E-state index contributed by atoms with van der Waals surface area (Å²) in [6.45, 7) is 1.36. The zero-order valence-corrected chi connectivity index (χ0v) is 8.24. The summed E-state index contributed by atoms with van der Waals surface area (Å²) < 4.78 is 4.45. The van der Waals surface area contributed by atoms with E-state index in [2.05, 4.69) is 4.18 Å². The van der Waals surface area contributed by atoms with E-state index in [1.807, 2.05) is 0 Å². The molecular formula is C7H10O6S. The Balaban J connectivity index is 3.64. The van der Waals surface area contributed by atoms with Crippen molar-refractivity contribution in [1.29, 1.82) is 0 Å². The second-order valence-electron chi connectivity index (χ2n) is 2.43. The van der Waals surface area contributed by atoms with Gasteiger partial charge in [0, 0.05) is 0 Å². The fraction of sp³-hybridized carbons (Fsp3) is 0.571. The molecule has 0 aliphatic carbocycles. The number of carbonyl (C=O) groups excluding carboxylic acids is 1. The molecule has 1 unspecified atom stereocenters. The van der Waals surface area contributed by atoms with Crippen LogP contribution < -0.4 is 0 Å². The molecule has 0 aliphatic heterocycles. The highest BCUT2D eigenvalue weighted by Gasteiger charge is 2.15. The molecule has 0 aromatic carbocycles. The largest absolute Gasteiger partial charge is 0.481 e. The predicted octanol–water partition coefficient (Wildman–Crippen LogP) is 0.516. The van der Waals surface area contributed by atoms with Crippen molar-refractivity contribution < 1.29 is 28.8 Å². The minimum absolute atomic E-state index is 0.255. The Morgan fingerprint density at radius 2 is 1.86 bits per heavy atom. The molecule has 7 heteroatoms. The maximum Gasteiger partial charge on any atom is 0.319 e. The first kappa shape index (κ1) is 12.8. The Morgan fingerprint density at radius 3 is 2.29 bits per heavy atom. The predicted molar refractivity (Wildman–Crippen MR) is 47.7 cm³/mol. The SMILES string of the molecule is CC(SOC(=O)CCC(=O)O)C(=O)O. The highest BCUT2D eigenvalue weighted by molar-refractivity contribution is 7.96. The number of aliphatic carboxylic acids is 2. The standard InChI is InChI=1S/C7H10O6S/c1-4(7(11)12)14-13-6(10)3-2-5(8)9/h4H,2-3H2,1H3,(H,8,9)(H,11,12). The number of rotatable bonds is 6. The topological polar surface area (TPSA) is 101 Å². The van der Waals surface area contributed by atoms with Crippen LogP contribution in [-0.4, -0.2) is 33.4 Å². The lowest BCUT2D eigenvalue weighted by Gasteiger charge is -2.04. The summed E-state index contributed by atoms with van der Waals surface area (Å²) in [4.78, 5) is 31.1. The van der Waals surface area contributed by atoms with E-state index in [9.17, 15) is 14.4 Å². The van der Waals surface area contributed by atoms with Crippen LogP contribution in [0.4, 0.5) is 0 Å². The van der Waals surface area contributed by atoms with Crippen LogP contribution in [0.3, 0.4) is 0 Å². The van der Waals surface area contributed by atoms with Crippen molar-refractivity contribution in [3.05, 3.63) is 0 Å². The van der Waals surface area contributed by atoms with Crippen LogP contribution >= 0.6 is 12.0 Å². The summed E-state index contributed by atoms with van der Waals surface area (Å²) >= 11 is 0.502. The summed E-state index contributed by atoms with van der Waals surface area (Å²) in [5, 5.41) is 15.8. The molecule has 80 valence electrons. The molecule has 0 heterocycles. The second kappa shape index (κ2) is 6.25. The lowest BCUT2D eigenvalue weighted by Crippen LogP contribution is -2.14. The fourth-order valence-electron chi connectivity index (χ4n) is 0.418. The van der Waals surface area contributed by atoms with Gasteiger partial charge in [-0.2, -0.15) is 0 Å². The van der Waals surface area contributed by atoms with E-state index >= 15 is 0 Å². The van der Waals surface area contributed by atoms with Crippen LogP contribution in [0.2, 0.25) is 0 Å². The van der Waals surface area contributed by atoms with Gasteiger partial charge >= 0.3 is 17.9 Å². The van der Waals surface area contributed by atoms with Crippen molar-refractivity contribution in [3.8, 4) is 0 Å². The van der Waals surface area contributed by atoms with Crippen LogP contribution in [0.25, 0.3) is 0 Å². The fourth-order valence-corrected chi connectivity index (χ4v) is 0.835. The molecule has 0 aromatic heterocycles. The van der Waals surface area contributed by atoms with E-state index < -0.39 is 23.2 Å². The van der Waals surface area contributed by atoms with Crippen molar-refractivity contribution in [1.82, 2.24) is 0 Å². The molecule has 0 amide bonds. The van der Waals surface area contributed by atoms with E-state index in [1.54, 1.807) is 0 Å². The van der Waals surface area contributed by atoms with Gasteiger partial charge in [-0.3, -0.25) is 14.4 Å². The summed E-state index contributed by atoms with van der Waals surface area (Å²) in [6, 6.07) is 0. The van der Waals surface area contributed by atoms with Gasteiger partial charge in [-0.15, -0.1) is 0 Å². The smallest absolute Gasteiger partial charge is 0.319 e. The van der Waals surface area contributed by atoms with Gasteiger partial charge in [0.05, 0.1) is 24.9 Å². The molecule has 0 bridgehead atoms. The maximum atomic E-state index is 10.8. The minimum Gasteiger partial charge on any atom is -0.481 e. The molecule has 0 rings (SSSR count). The first-order valence-corrected chi connectivity index (χ1v) is 4.54. The van der Waals surface area contributed by atoms with Gasteiger partial charge in [0.2, 0.25) is 0 Å². The van der Waals surface area contributed by atoms with E-state index in [0.717, 1.165) is 0 Å². The number of hydrogen-bond donors (Lipinski definition) is 2. The van der Waals surface area contributed by atoms with Gasteiger partial charge < -0.3 is 14.4 Å². The van der Waals surface area contributed by atoms with Gasteiger partial charge in [0.1, 0.15) is 5.25 Å². The third kappa shape index (κ3) is 6.30. The zero-order chi connectivity index (χ0) is 11.1. The summed E-state index contributed by atoms with van der Waals surface area (Å²) in [6.07, 6.45) is -0.574. The average Bonchev–Trinajstić information content (AvgIpc) is 2.10. The number of carbonyl (C=O) groups is 3. The average molecular weight is 222 g/mol.